The zero-order valence-electron chi connectivity index (χ0n) is 20.1. The summed E-state index contributed by atoms with van der Waals surface area (Å²) < 4.78 is 50.7. The van der Waals surface area contributed by atoms with Crippen molar-refractivity contribution >= 4 is 42.5 Å². The number of sulfone groups is 1. The normalized spacial score (nSPS) is 15.6. The lowest BCUT2D eigenvalue weighted by Gasteiger charge is -2.30. The average molecular weight is 539 g/mol. The van der Waals surface area contributed by atoms with E-state index in [4.69, 9.17) is 0 Å². The third-order valence-corrected chi connectivity index (χ3v) is 9.55. The lowest BCUT2D eigenvalue weighted by Crippen LogP contribution is -2.41. The number of hydrogen-bond acceptors (Lipinski definition) is 6. The molecule has 5 rings (SSSR count). The van der Waals surface area contributed by atoms with Crippen LogP contribution >= 0.6 is 0 Å². The quantitative estimate of drug-likeness (QED) is 0.385. The predicted molar refractivity (Wildman–Crippen MR) is 141 cm³/mol. The summed E-state index contributed by atoms with van der Waals surface area (Å²) in [4.78, 5) is 20.9. The molecule has 37 heavy (non-hydrogen) atoms. The van der Waals surface area contributed by atoms with Crippen LogP contribution in [0.5, 0.6) is 0 Å². The highest BCUT2D eigenvalue weighted by Gasteiger charge is 2.32. The average Bonchev–Trinajstić information content (AvgIpc) is 3.33. The van der Waals surface area contributed by atoms with Gasteiger partial charge in [0.25, 0.3) is 0 Å². The van der Waals surface area contributed by atoms with Gasteiger partial charge in [-0.3, -0.25) is 4.79 Å². The van der Waals surface area contributed by atoms with Crippen molar-refractivity contribution in [3.8, 4) is 11.4 Å². The highest BCUT2D eigenvalue weighted by Crippen LogP contribution is 2.27. The molecule has 192 valence electrons. The van der Waals surface area contributed by atoms with Crippen molar-refractivity contribution in [1.29, 1.82) is 0 Å². The van der Waals surface area contributed by atoms with Gasteiger partial charge in [-0.25, -0.2) is 21.8 Å². The van der Waals surface area contributed by atoms with E-state index in [0.717, 1.165) is 22.9 Å². The van der Waals surface area contributed by atoms with Crippen LogP contribution < -0.4 is 5.32 Å². The Balaban J connectivity index is 1.22. The van der Waals surface area contributed by atoms with Crippen molar-refractivity contribution in [3.63, 3.8) is 0 Å². The van der Waals surface area contributed by atoms with Crippen molar-refractivity contribution in [2.24, 2.45) is 5.92 Å². The van der Waals surface area contributed by atoms with Crippen molar-refractivity contribution in [2.45, 2.75) is 22.6 Å². The minimum Gasteiger partial charge on any atom is -0.338 e. The number of imidazole rings is 1. The largest absolute Gasteiger partial charge is 0.338 e. The van der Waals surface area contributed by atoms with Gasteiger partial charge < -0.3 is 10.3 Å². The molecule has 9 nitrogen and oxygen atoms in total. The number of hydrogen-bond donors (Lipinski definition) is 2. The summed E-state index contributed by atoms with van der Waals surface area (Å²) in [7, 11) is -7.20. The van der Waals surface area contributed by atoms with Gasteiger partial charge in [0.1, 0.15) is 5.82 Å². The summed E-state index contributed by atoms with van der Waals surface area (Å²) in [5.41, 5.74) is 3.28. The molecule has 4 aromatic rings. The van der Waals surface area contributed by atoms with E-state index in [1.807, 2.05) is 48.5 Å². The fraction of sp³-hybridized carbons (Fsp3) is 0.231. The topological polar surface area (TPSA) is 129 Å². The zero-order valence-corrected chi connectivity index (χ0v) is 21.7. The molecular formula is C26H26N4O5S2. The van der Waals surface area contributed by atoms with Gasteiger partial charge in [0.05, 0.1) is 20.8 Å². The Hall–Kier alpha value is -3.54. The molecule has 3 aromatic carbocycles. The standard InChI is InChI=1S/C26H26N4O5S2/c1-36(32,33)21-9-11-22(12-10-21)37(34,35)30-15-13-18(14-16-30)26(31)27-20-6-4-5-19(17-20)25-28-23-7-2-3-8-24(23)29-25/h2-12,17-18H,13-16H2,1H3,(H,27,31)(H,28,29). The van der Waals surface area contributed by atoms with Crippen LogP contribution in [-0.4, -0.2) is 56.4 Å². The number of rotatable bonds is 6. The van der Waals surface area contributed by atoms with E-state index >= 15 is 0 Å². The molecule has 2 N–H and O–H groups in total. The van der Waals surface area contributed by atoms with Crippen LogP contribution in [0.4, 0.5) is 5.69 Å². The summed E-state index contributed by atoms with van der Waals surface area (Å²) in [6.07, 6.45) is 1.84. The Morgan fingerprint density at radius 3 is 2.27 bits per heavy atom. The van der Waals surface area contributed by atoms with E-state index in [-0.39, 0.29) is 34.7 Å². The maximum Gasteiger partial charge on any atom is 0.243 e. The summed E-state index contributed by atoms with van der Waals surface area (Å²) in [6.45, 7) is 0.403. The number of amides is 1. The van der Waals surface area contributed by atoms with Gasteiger partial charge in [0.15, 0.2) is 9.84 Å². The van der Waals surface area contributed by atoms with E-state index in [1.165, 1.54) is 28.6 Å². The number of carbonyl (C=O) groups is 1. The molecule has 0 atom stereocenters. The SMILES string of the molecule is CS(=O)(=O)c1ccc(S(=O)(=O)N2CCC(C(=O)Nc3cccc(-c4nc5ccccc5[nH]4)c3)CC2)cc1. The van der Waals surface area contributed by atoms with Gasteiger partial charge in [-0.1, -0.05) is 24.3 Å². The van der Waals surface area contributed by atoms with Crippen molar-refractivity contribution in [3.05, 3.63) is 72.8 Å². The van der Waals surface area contributed by atoms with E-state index < -0.39 is 19.9 Å². The molecule has 2 heterocycles. The molecule has 1 saturated heterocycles. The summed E-state index contributed by atoms with van der Waals surface area (Å²) in [6, 6.07) is 20.4. The van der Waals surface area contributed by atoms with Gasteiger partial charge in [-0.2, -0.15) is 4.31 Å². The molecule has 0 radical (unpaired) electrons. The molecule has 1 fully saturated rings. The number of sulfonamides is 1. The van der Waals surface area contributed by atoms with E-state index in [1.54, 1.807) is 0 Å². The van der Waals surface area contributed by atoms with Crippen LogP contribution in [0.2, 0.25) is 0 Å². The van der Waals surface area contributed by atoms with Crippen LogP contribution in [-0.2, 0) is 24.7 Å². The summed E-state index contributed by atoms with van der Waals surface area (Å²) in [5.74, 6) is 0.227. The Kier molecular flexibility index (Phi) is 6.61. The van der Waals surface area contributed by atoms with E-state index in [0.29, 0.717) is 24.4 Å². The molecule has 1 aromatic heterocycles. The Labute approximate surface area is 215 Å². The van der Waals surface area contributed by atoms with Gasteiger partial charge in [-0.15, -0.1) is 0 Å². The molecule has 1 amide bonds. The second-order valence-corrected chi connectivity index (χ2v) is 13.0. The summed E-state index contributed by atoms with van der Waals surface area (Å²) >= 11 is 0. The van der Waals surface area contributed by atoms with Gasteiger partial charge >= 0.3 is 0 Å². The molecular weight excluding hydrogens is 512 g/mol. The maximum absolute atomic E-state index is 13.0. The number of H-pyrrole nitrogens is 1. The predicted octanol–water partition coefficient (Wildman–Crippen LogP) is 3.67. The Bertz CT molecular complexity index is 1640. The second kappa shape index (κ2) is 9.73. The molecule has 0 bridgehead atoms. The monoisotopic (exact) mass is 538 g/mol. The minimum absolute atomic E-state index is 0.0326. The number of fused-ring (bicyclic) bond motifs is 1. The molecule has 11 heteroatoms. The van der Waals surface area contributed by atoms with Crippen LogP contribution in [0.25, 0.3) is 22.4 Å². The van der Waals surface area contributed by atoms with Gasteiger partial charge in [0, 0.05) is 36.5 Å². The molecule has 1 aliphatic rings. The number of nitrogens with one attached hydrogen (secondary N) is 2. The number of nitrogens with zero attached hydrogens (tertiary/aromatic N) is 2. The first-order valence-electron chi connectivity index (χ1n) is 11.8. The molecule has 0 aliphatic carbocycles. The van der Waals surface area contributed by atoms with E-state index in [2.05, 4.69) is 15.3 Å². The smallest absolute Gasteiger partial charge is 0.243 e. The highest BCUT2D eigenvalue weighted by atomic mass is 32.2. The van der Waals surface area contributed by atoms with Crippen LogP contribution in [0, 0.1) is 5.92 Å². The maximum atomic E-state index is 13.0. The van der Waals surface area contributed by atoms with Crippen molar-refractivity contribution in [2.75, 3.05) is 24.7 Å². The number of piperidine rings is 1. The van der Waals surface area contributed by atoms with E-state index in [9.17, 15) is 21.6 Å². The Morgan fingerprint density at radius 2 is 1.59 bits per heavy atom. The molecule has 0 unspecified atom stereocenters. The number of anilines is 1. The summed E-state index contributed by atoms with van der Waals surface area (Å²) in [5, 5.41) is 2.96. The number of aromatic amines is 1. The number of para-hydroxylation sites is 2. The third kappa shape index (κ3) is 5.29. The highest BCUT2D eigenvalue weighted by molar-refractivity contribution is 7.90. The lowest BCUT2D eigenvalue weighted by molar-refractivity contribution is -0.120. The van der Waals surface area contributed by atoms with Crippen LogP contribution in [0.3, 0.4) is 0 Å². The third-order valence-electron chi connectivity index (χ3n) is 6.51. The number of benzene rings is 3. The van der Waals surface area contributed by atoms with Crippen molar-refractivity contribution < 1.29 is 21.6 Å². The zero-order chi connectivity index (χ0) is 26.2. The number of carbonyl (C=O) groups excluding carboxylic acids is 1. The first-order valence-corrected chi connectivity index (χ1v) is 15.1. The fourth-order valence-corrected chi connectivity index (χ4v) is 6.54. The first kappa shape index (κ1) is 25.1. The van der Waals surface area contributed by atoms with Gasteiger partial charge in [0.2, 0.25) is 15.9 Å². The van der Waals surface area contributed by atoms with Crippen molar-refractivity contribution in [1.82, 2.24) is 14.3 Å². The number of aromatic nitrogens is 2. The molecule has 1 aliphatic heterocycles. The molecule has 0 saturated carbocycles. The fourth-order valence-electron chi connectivity index (χ4n) is 4.44. The second-order valence-electron chi connectivity index (χ2n) is 9.09. The minimum atomic E-state index is -3.78. The van der Waals surface area contributed by atoms with Crippen LogP contribution in [0.1, 0.15) is 12.8 Å². The first-order chi connectivity index (χ1) is 17.6. The molecule has 0 spiro atoms. The lowest BCUT2D eigenvalue weighted by atomic mass is 9.97. The van der Waals surface area contributed by atoms with Crippen LogP contribution in [0.15, 0.2) is 82.6 Å². The van der Waals surface area contributed by atoms with Gasteiger partial charge in [-0.05, 0) is 61.4 Å². The Morgan fingerprint density at radius 1 is 0.919 bits per heavy atom.